The van der Waals surface area contributed by atoms with Gasteiger partial charge in [0.05, 0.1) is 18.7 Å². The number of methoxy groups -OCH3 is 1. The summed E-state index contributed by atoms with van der Waals surface area (Å²) in [5, 5.41) is 11.1. The highest BCUT2D eigenvalue weighted by molar-refractivity contribution is 6.46. The Kier molecular flexibility index (Phi) is 6.75. The Morgan fingerprint density at radius 3 is 2.42 bits per heavy atom. The second kappa shape index (κ2) is 9.31. The first-order chi connectivity index (χ1) is 14.7. The lowest BCUT2D eigenvalue weighted by Gasteiger charge is -2.26. The number of aliphatic hydroxyl groups excluding tert-OH is 1. The third-order valence-corrected chi connectivity index (χ3v) is 5.42. The van der Waals surface area contributed by atoms with E-state index in [0.717, 1.165) is 6.54 Å². The second-order valence-electron chi connectivity index (χ2n) is 7.88. The SMILES string of the molecule is COc1ccc(/C(O)=C2\C(=O)C(=O)N(CCCN(C)C)[C@@H]2c2ccc(F)cc2)c(C)c1. The van der Waals surface area contributed by atoms with Crippen molar-refractivity contribution in [1.29, 1.82) is 0 Å². The molecule has 1 fully saturated rings. The van der Waals surface area contributed by atoms with E-state index in [4.69, 9.17) is 4.74 Å². The number of hydrogen-bond acceptors (Lipinski definition) is 5. The molecule has 1 aliphatic heterocycles. The third-order valence-electron chi connectivity index (χ3n) is 5.42. The van der Waals surface area contributed by atoms with E-state index in [1.54, 1.807) is 44.4 Å². The van der Waals surface area contributed by atoms with E-state index in [2.05, 4.69) is 0 Å². The molecule has 1 heterocycles. The number of ether oxygens (including phenoxy) is 1. The minimum absolute atomic E-state index is 0.00901. The van der Waals surface area contributed by atoms with E-state index in [0.29, 0.717) is 35.4 Å². The first-order valence-corrected chi connectivity index (χ1v) is 10.1. The molecule has 1 atom stereocenters. The average molecular weight is 426 g/mol. The summed E-state index contributed by atoms with van der Waals surface area (Å²) in [6, 6.07) is 9.95. The molecule has 1 aliphatic rings. The Bertz CT molecular complexity index is 1010. The van der Waals surface area contributed by atoms with Gasteiger partial charge in [0.15, 0.2) is 0 Å². The highest BCUT2D eigenvalue weighted by Crippen LogP contribution is 2.40. The Morgan fingerprint density at radius 2 is 1.84 bits per heavy atom. The zero-order valence-electron chi connectivity index (χ0n) is 18.2. The standard InChI is InChI=1S/C24H27FN2O4/c1-15-14-18(31-4)10-11-19(15)22(28)20-21(16-6-8-17(25)9-7-16)27(24(30)23(20)29)13-5-12-26(2)3/h6-11,14,21,28H,5,12-13H2,1-4H3/b22-20+/t21-/m1/s1. The highest BCUT2D eigenvalue weighted by Gasteiger charge is 2.45. The number of amides is 1. The summed E-state index contributed by atoms with van der Waals surface area (Å²) in [5.74, 6) is -1.46. The van der Waals surface area contributed by atoms with Gasteiger partial charge in [-0.3, -0.25) is 9.59 Å². The van der Waals surface area contributed by atoms with Crippen LogP contribution in [0.15, 0.2) is 48.0 Å². The van der Waals surface area contributed by atoms with Crippen LogP contribution in [0.2, 0.25) is 0 Å². The van der Waals surface area contributed by atoms with Crippen LogP contribution in [0.1, 0.15) is 29.2 Å². The molecule has 0 saturated carbocycles. The Hall–Kier alpha value is -3.19. The van der Waals surface area contributed by atoms with Gasteiger partial charge in [-0.15, -0.1) is 0 Å². The van der Waals surface area contributed by atoms with Gasteiger partial charge in [-0.1, -0.05) is 12.1 Å². The number of rotatable bonds is 7. The van der Waals surface area contributed by atoms with Crippen molar-refractivity contribution in [3.63, 3.8) is 0 Å². The number of Topliss-reactive ketones (excluding diaryl/α,β-unsaturated/α-hetero) is 1. The minimum atomic E-state index is -0.788. The van der Waals surface area contributed by atoms with Gasteiger partial charge in [-0.05, 0) is 75.4 Å². The molecule has 2 aromatic carbocycles. The van der Waals surface area contributed by atoms with Crippen molar-refractivity contribution < 1.29 is 23.8 Å². The Morgan fingerprint density at radius 1 is 1.16 bits per heavy atom. The molecular weight excluding hydrogens is 399 g/mol. The molecule has 0 aliphatic carbocycles. The van der Waals surface area contributed by atoms with Crippen molar-refractivity contribution in [2.45, 2.75) is 19.4 Å². The van der Waals surface area contributed by atoms with E-state index in [1.807, 2.05) is 19.0 Å². The number of nitrogens with zero attached hydrogens (tertiary/aromatic N) is 2. The molecule has 2 aromatic rings. The number of aryl methyl sites for hydroxylation is 1. The van der Waals surface area contributed by atoms with Crippen molar-refractivity contribution in [3.05, 3.63) is 70.5 Å². The highest BCUT2D eigenvalue weighted by atomic mass is 19.1. The quantitative estimate of drug-likeness (QED) is 0.417. The molecule has 1 saturated heterocycles. The van der Waals surface area contributed by atoms with Crippen molar-refractivity contribution >= 4 is 17.4 Å². The minimum Gasteiger partial charge on any atom is -0.507 e. The van der Waals surface area contributed by atoms with E-state index in [1.165, 1.54) is 17.0 Å². The lowest BCUT2D eigenvalue weighted by atomic mass is 9.94. The van der Waals surface area contributed by atoms with Gasteiger partial charge in [0.2, 0.25) is 0 Å². The third kappa shape index (κ3) is 4.61. The lowest BCUT2D eigenvalue weighted by molar-refractivity contribution is -0.139. The van der Waals surface area contributed by atoms with Gasteiger partial charge in [0, 0.05) is 12.1 Å². The Balaban J connectivity index is 2.11. The fourth-order valence-corrected chi connectivity index (χ4v) is 3.83. The van der Waals surface area contributed by atoms with Gasteiger partial charge >= 0.3 is 0 Å². The van der Waals surface area contributed by atoms with Gasteiger partial charge in [0.1, 0.15) is 17.3 Å². The normalized spacial score (nSPS) is 18.1. The van der Waals surface area contributed by atoms with Crippen LogP contribution < -0.4 is 4.74 Å². The van der Waals surface area contributed by atoms with E-state index in [9.17, 15) is 19.1 Å². The van der Waals surface area contributed by atoms with Crippen molar-refractivity contribution in [1.82, 2.24) is 9.80 Å². The topological polar surface area (TPSA) is 70.1 Å². The van der Waals surface area contributed by atoms with Gasteiger partial charge in [-0.25, -0.2) is 4.39 Å². The zero-order valence-corrected chi connectivity index (χ0v) is 18.2. The molecule has 0 radical (unpaired) electrons. The molecule has 164 valence electrons. The van der Waals surface area contributed by atoms with Crippen LogP contribution in [-0.4, -0.2) is 60.9 Å². The maximum absolute atomic E-state index is 13.5. The van der Waals surface area contributed by atoms with Crippen LogP contribution in [-0.2, 0) is 9.59 Å². The number of hydrogen-bond donors (Lipinski definition) is 1. The van der Waals surface area contributed by atoms with Crippen LogP contribution in [0.5, 0.6) is 5.75 Å². The van der Waals surface area contributed by atoms with Crippen molar-refractivity contribution in [3.8, 4) is 5.75 Å². The number of aliphatic hydroxyl groups is 1. The molecule has 0 bridgehead atoms. The molecule has 1 N–H and O–H groups in total. The molecule has 0 spiro atoms. The van der Waals surface area contributed by atoms with E-state index in [-0.39, 0.29) is 11.3 Å². The molecule has 0 unspecified atom stereocenters. The predicted molar refractivity (Wildman–Crippen MR) is 116 cm³/mol. The maximum Gasteiger partial charge on any atom is 0.295 e. The number of carbonyl (C=O) groups excluding carboxylic acids is 2. The molecular formula is C24H27FN2O4. The predicted octanol–water partition coefficient (Wildman–Crippen LogP) is 3.52. The molecule has 1 amide bonds. The fourth-order valence-electron chi connectivity index (χ4n) is 3.83. The van der Waals surface area contributed by atoms with Crippen LogP contribution in [0, 0.1) is 12.7 Å². The lowest BCUT2D eigenvalue weighted by Crippen LogP contribution is -2.32. The Labute approximate surface area is 181 Å². The van der Waals surface area contributed by atoms with Crippen LogP contribution >= 0.6 is 0 Å². The second-order valence-corrected chi connectivity index (χ2v) is 7.88. The molecule has 3 rings (SSSR count). The number of halogens is 1. The number of ketones is 1. The van der Waals surface area contributed by atoms with Crippen molar-refractivity contribution in [2.24, 2.45) is 0 Å². The smallest absolute Gasteiger partial charge is 0.295 e. The molecule has 7 heteroatoms. The summed E-state index contributed by atoms with van der Waals surface area (Å²) in [6.45, 7) is 2.86. The van der Waals surface area contributed by atoms with Crippen LogP contribution in [0.4, 0.5) is 4.39 Å². The monoisotopic (exact) mass is 426 g/mol. The van der Waals surface area contributed by atoms with Crippen LogP contribution in [0.25, 0.3) is 5.76 Å². The number of likely N-dealkylation sites (tertiary alicyclic amines) is 1. The fraction of sp³-hybridized carbons (Fsp3) is 0.333. The summed E-state index contributed by atoms with van der Waals surface area (Å²) in [6.07, 6.45) is 0.652. The molecule has 0 aromatic heterocycles. The zero-order chi connectivity index (χ0) is 22.7. The van der Waals surface area contributed by atoms with Gasteiger partial charge in [-0.2, -0.15) is 0 Å². The number of carbonyl (C=O) groups is 2. The van der Waals surface area contributed by atoms with Gasteiger partial charge < -0.3 is 19.6 Å². The first-order valence-electron chi connectivity index (χ1n) is 10.1. The molecule has 31 heavy (non-hydrogen) atoms. The summed E-state index contributed by atoms with van der Waals surface area (Å²) in [5.41, 5.74) is 1.72. The molecule has 6 nitrogen and oxygen atoms in total. The summed E-state index contributed by atoms with van der Waals surface area (Å²) >= 11 is 0. The van der Waals surface area contributed by atoms with Crippen molar-refractivity contribution in [2.75, 3.05) is 34.3 Å². The van der Waals surface area contributed by atoms with Crippen LogP contribution in [0.3, 0.4) is 0 Å². The average Bonchev–Trinajstić information content (AvgIpc) is 2.98. The maximum atomic E-state index is 13.5. The summed E-state index contributed by atoms with van der Waals surface area (Å²) in [7, 11) is 5.40. The summed E-state index contributed by atoms with van der Waals surface area (Å²) in [4.78, 5) is 29.3. The van der Waals surface area contributed by atoms with Gasteiger partial charge in [0.25, 0.3) is 11.7 Å². The largest absolute Gasteiger partial charge is 0.507 e. The number of benzene rings is 2. The first kappa shape index (κ1) is 22.5. The van der Waals surface area contributed by atoms with E-state index < -0.39 is 23.5 Å². The summed E-state index contributed by atoms with van der Waals surface area (Å²) < 4.78 is 18.7. The van der Waals surface area contributed by atoms with E-state index >= 15 is 0 Å².